The highest BCUT2D eigenvalue weighted by molar-refractivity contribution is 5.60. The second kappa shape index (κ2) is 7.57. The third kappa shape index (κ3) is 3.70. The lowest BCUT2D eigenvalue weighted by Gasteiger charge is -2.13. The third-order valence-corrected chi connectivity index (χ3v) is 4.11. The molecule has 0 atom stereocenters. The van der Waals surface area contributed by atoms with Gasteiger partial charge in [-0.15, -0.1) is 0 Å². The van der Waals surface area contributed by atoms with Crippen LogP contribution in [0.5, 0.6) is 11.5 Å². The van der Waals surface area contributed by atoms with Crippen LogP contribution < -0.4 is 9.47 Å². The summed E-state index contributed by atoms with van der Waals surface area (Å²) in [5, 5.41) is 7.71. The lowest BCUT2D eigenvalue weighted by Crippen LogP contribution is -2.18. The minimum Gasteiger partial charge on any atom is -0.493 e. The van der Waals surface area contributed by atoms with Gasteiger partial charge in [0.2, 0.25) is 5.89 Å². The molecule has 0 saturated carbocycles. The Morgan fingerprint density at radius 1 is 1.00 bits per heavy atom. The summed E-state index contributed by atoms with van der Waals surface area (Å²) < 4.78 is 21.2. The Balaban J connectivity index is 1.77. The van der Waals surface area contributed by atoms with Crippen molar-refractivity contribution in [3.63, 3.8) is 0 Å². The van der Waals surface area contributed by atoms with E-state index in [1.54, 1.807) is 14.2 Å². The van der Waals surface area contributed by atoms with Crippen LogP contribution in [0.2, 0.25) is 0 Å². The van der Waals surface area contributed by atoms with Crippen molar-refractivity contribution in [2.45, 2.75) is 26.9 Å². The molecular weight excluding hydrogens is 336 g/mol. The van der Waals surface area contributed by atoms with Gasteiger partial charge in [0.25, 0.3) is 0 Å². The van der Waals surface area contributed by atoms with Gasteiger partial charge in [0.05, 0.1) is 19.9 Å². The summed E-state index contributed by atoms with van der Waals surface area (Å²) in [5.41, 5.74) is 3.30. The Kier molecular flexibility index (Phi) is 5.22. The summed E-state index contributed by atoms with van der Waals surface area (Å²) in [6.45, 7) is 5.02. The molecule has 1 aromatic carbocycles. The topological polar surface area (TPSA) is 86.7 Å². The molecule has 26 heavy (non-hydrogen) atoms. The summed E-state index contributed by atoms with van der Waals surface area (Å²) >= 11 is 0. The second-order valence-corrected chi connectivity index (χ2v) is 6.06. The zero-order chi connectivity index (χ0) is 18.7. The van der Waals surface area contributed by atoms with Crippen molar-refractivity contribution in [3.8, 4) is 23.0 Å². The molecule has 0 amide bonds. The van der Waals surface area contributed by atoms with E-state index in [9.17, 15) is 0 Å². The Hall–Kier alpha value is -2.87. The maximum absolute atomic E-state index is 5.85. The molecule has 0 saturated heterocycles. The molecule has 0 aliphatic carbocycles. The molecule has 8 heteroatoms. The van der Waals surface area contributed by atoms with Crippen molar-refractivity contribution < 1.29 is 18.5 Å². The van der Waals surface area contributed by atoms with Crippen LogP contribution in [0.25, 0.3) is 11.5 Å². The zero-order valence-corrected chi connectivity index (χ0v) is 15.6. The number of aromatic nitrogens is 3. The molecule has 0 unspecified atom stereocenters. The molecule has 0 N–H and O–H groups in total. The highest BCUT2D eigenvalue weighted by atomic mass is 16.6. The van der Waals surface area contributed by atoms with Crippen LogP contribution in [0.3, 0.4) is 0 Å². The van der Waals surface area contributed by atoms with E-state index in [-0.39, 0.29) is 0 Å². The monoisotopic (exact) mass is 358 g/mol. The molecule has 8 nitrogen and oxygen atoms in total. The largest absolute Gasteiger partial charge is 0.493 e. The first-order valence-electron chi connectivity index (χ1n) is 8.17. The van der Waals surface area contributed by atoms with Gasteiger partial charge in [0.15, 0.2) is 11.5 Å². The van der Waals surface area contributed by atoms with Crippen molar-refractivity contribution in [3.05, 3.63) is 41.0 Å². The lowest BCUT2D eigenvalue weighted by atomic mass is 10.2. The van der Waals surface area contributed by atoms with Crippen molar-refractivity contribution in [2.24, 2.45) is 0 Å². The van der Waals surface area contributed by atoms with E-state index in [0.717, 1.165) is 28.4 Å². The van der Waals surface area contributed by atoms with Crippen LogP contribution in [0.1, 0.15) is 22.8 Å². The number of oxazole rings is 1. The van der Waals surface area contributed by atoms with E-state index < -0.39 is 0 Å². The maximum atomic E-state index is 5.85. The van der Waals surface area contributed by atoms with Gasteiger partial charge in [-0.3, -0.25) is 4.90 Å². The Morgan fingerprint density at radius 3 is 2.38 bits per heavy atom. The highest BCUT2D eigenvalue weighted by Gasteiger charge is 2.16. The number of methoxy groups -OCH3 is 2. The minimum atomic E-state index is 0.547. The first kappa shape index (κ1) is 17.9. The highest BCUT2D eigenvalue weighted by Crippen LogP contribution is 2.32. The predicted octanol–water partition coefficient (Wildman–Crippen LogP) is 2.99. The average molecular weight is 358 g/mol. The van der Waals surface area contributed by atoms with Gasteiger partial charge >= 0.3 is 0 Å². The van der Waals surface area contributed by atoms with Crippen LogP contribution in [0, 0.1) is 13.8 Å². The summed E-state index contributed by atoms with van der Waals surface area (Å²) in [5.74, 6) is 2.62. The standard InChI is InChI=1S/C18H22N4O4/c1-11-14(21-26-20-11)9-22(3)10-15-12(2)25-18(19-15)13-6-7-16(23-4)17(8-13)24-5/h6-8H,9-10H2,1-5H3. The first-order chi connectivity index (χ1) is 12.5. The zero-order valence-electron chi connectivity index (χ0n) is 15.6. The molecule has 0 aliphatic heterocycles. The van der Waals surface area contributed by atoms with Crippen molar-refractivity contribution in [2.75, 3.05) is 21.3 Å². The van der Waals surface area contributed by atoms with Crippen LogP contribution in [0.15, 0.2) is 27.2 Å². The summed E-state index contributed by atoms with van der Waals surface area (Å²) in [6.07, 6.45) is 0. The van der Waals surface area contributed by atoms with Crippen LogP contribution >= 0.6 is 0 Å². The Labute approximate surface area is 151 Å². The second-order valence-electron chi connectivity index (χ2n) is 6.06. The molecule has 0 spiro atoms. The van der Waals surface area contributed by atoms with E-state index in [1.165, 1.54) is 0 Å². The Morgan fingerprint density at radius 2 is 1.73 bits per heavy atom. The van der Waals surface area contributed by atoms with Gasteiger partial charge < -0.3 is 13.9 Å². The molecule has 0 radical (unpaired) electrons. The quantitative estimate of drug-likeness (QED) is 0.637. The van der Waals surface area contributed by atoms with Gasteiger partial charge in [-0.25, -0.2) is 9.61 Å². The van der Waals surface area contributed by atoms with E-state index in [4.69, 9.17) is 18.5 Å². The van der Waals surface area contributed by atoms with E-state index in [2.05, 4.69) is 20.2 Å². The molecule has 0 bridgehead atoms. The first-order valence-corrected chi connectivity index (χ1v) is 8.17. The van der Waals surface area contributed by atoms with E-state index in [1.807, 2.05) is 39.1 Å². The number of hydrogen-bond donors (Lipinski definition) is 0. The molecule has 0 aliphatic rings. The molecule has 2 heterocycles. The van der Waals surface area contributed by atoms with Gasteiger partial charge in [-0.1, -0.05) is 10.3 Å². The van der Waals surface area contributed by atoms with Gasteiger partial charge in [-0.05, 0) is 39.1 Å². The molecular formula is C18H22N4O4. The SMILES string of the molecule is COc1ccc(-c2nc(CN(C)Cc3nonc3C)c(C)o2)cc1OC. The molecule has 3 aromatic rings. The van der Waals surface area contributed by atoms with Crippen LogP contribution in [0.4, 0.5) is 0 Å². The van der Waals surface area contributed by atoms with Gasteiger partial charge in [0, 0.05) is 18.7 Å². The van der Waals surface area contributed by atoms with Crippen LogP contribution in [-0.4, -0.2) is 41.5 Å². The maximum Gasteiger partial charge on any atom is 0.226 e. The van der Waals surface area contributed by atoms with Gasteiger partial charge in [-0.2, -0.15) is 0 Å². The number of ether oxygens (including phenoxy) is 2. The number of hydrogen-bond acceptors (Lipinski definition) is 8. The number of rotatable bonds is 7. The Bertz CT molecular complexity index is 887. The molecule has 3 rings (SSSR count). The molecule has 2 aromatic heterocycles. The summed E-state index contributed by atoms with van der Waals surface area (Å²) in [6, 6.07) is 5.58. The summed E-state index contributed by atoms with van der Waals surface area (Å²) in [7, 11) is 5.19. The summed E-state index contributed by atoms with van der Waals surface area (Å²) in [4.78, 5) is 6.72. The van der Waals surface area contributed by atoms with Crippen LogP contribution in [-0.2, 0) is 13.1 Å². The van der Waals surface area contributed by atoms with Crippen molar-refractivity contribution in [1.29, 1.82) is 0 Å². The number of benzene rings is 1. The smallest absolute Gasteiger partial charge is 0.226 e. The number of aryl methyl sites for hydroxylation is 2. The van der Waals surface area contributed by atoms with Crippen molar-refractivity contribution in [1.82, 2.24) is 20.2 Å². The third-order valence-electron chi connectivity index (χ3n) is 4.11. The normalized spacial score (nSPS) is 11.2. The predicted molar refractivity (Wildman–Crippen MR) is 94.0 cm³/mol. The molecule has 0 fully saturated rings. The van der Waals surface area contributed by atoms with Crippen molar-refractivity contribution >= 4 is 0 Å². The molecule has 138 valence electrons. The number of nitrogens with zero attached hydrogens (tertiary/aromatic N) is 4. The van der Waals surface area contributed by atoms with E-state index in [0.29, 0.717) is 30.5 Å². The average Bonchev–Trinajstić information content (AvgIpc) is 3.20. The lowest BCUT2D eigenvalue weighted by molar-refractivity contribution is 0.277. The fraction of sp³-hybridized carbons (Fsp3) is 0.389. The minimum absolute atomic E-state index is 0.547. The van der Waals surface area contributed by atoms with Gasteiger partial charge in [0.1, 0.15) is 17.1 Å². The fourth-order valence-electron chi connectivity index (χ4n) is 2.63. The van der Waals surface area contributed by atoms with E-state index >= 15 is 0 Å². The fourth-order valence-corrected chi connectivity index (χ4v) is 2.63.